The fourth-order valence-electron chi connectivity index (χ4n) is 3.65. The molecule has 0 aromatic heterocycles. The molecule has 0 saturated carbocycles. The summed E-state index contributed by atoms with van der Waals surface area (Å²) in [7, 11) is 0. The lowest BCUT2D eigenvalue weighted by molar-refractivity contribution is -0.132. The fraction of sp³-hybridized carbons (Fsp3) is 0.348. The van der Waals surface area contributed by atoms with Crippen molar-refractivity contribution >= 4 is 23.5 Å². The molecule has 1 saturated heterocycles. The highest BCUT2D eigenvalue weighted by molar-refractivity contribution is 6.15. The molecule has 1 fully saturated rings. The summed E-state index contributed by atoms with van der Waals surface area (Å²) in [6.07, 6.45) is 0. The van der Waals surface area contributed by atoms with Crippen molar-refractivity contribution in [3.63, 3.8) is 0 Å². The molecule has 152 valence electrons. The van der Waals surface area contributed by atoms with Crippen molar-refractivity contribution in [3.05, 3.63) is 64.7 Å². The Balaban J connectivity index is 1.71. The second-order valence-corrected chi connectivity index (χ2v) is 7.74. The molecule has 0 radical (unpaired) electrons. The van der Waals surface area contributed by atoms with E-state index >= 15 is 0 Å². The zero-order valence-electron chi connectivity index (χ0n) is 17.5. The van der Waals surface area contributed by atoms with Gasteiger partial charge in [-0.05, 0) is 57.9 Å². The van der Waals surface area contributed by atoms with Gasteiger partial charge in [0.15, 0.2) is 0 Å². The van der Waals surface area contributed by atoms with Crippen LogP contribution in [0.5, 0.6) is 0 Å². The van der Waals surface area contributed by atoms with Gasteiger partial charge in [0.1, 0.15) is 12.6 Å². The van der Waals surface area contributed by atoms with Crippen LogP contribution in [0.25, 0.3) is 0 Å². The van der Waals surface area contributed by atoms with Gasteiger partial charge in [-0.1, -0.05) is 41.5 Å². The van der Waals surface area contributed by atoms with Gasteiger partial charge >= 0.3 is 6.03 Å². The van der Waals surface area contributed by atoms with E-state index in [4.69, 9.17) is 0 Å². The van der Waals surface area contributed by atoms with Crippen LogP contribution in [0.4, 0.5) is 10.5 Å². The van der Waals surface area contributed by atoms with Crippen LogP contribution in [0.1, 0.15) is 42.1 Å². The Labute approximate surface area is 171 Å². The average Bonchev–Trinajstić information content (AvgIpc) is 2.88. The minimum atomic E-state index is -0.644. The average molecular weight is 393 g/mol. The van der Waals surface area contributed by atoms with Crippen molar-refractivity contribution in [3.8, 4) is 0 Å². The van der Waals surface area contributed by atoms with E-state index in [0.29, 0.717) is 5.69 Å². The van der Waals surface area contributed by atoms with E-state index in [1.807, 2.05) is 70.2 Å². The number of aryl methyl sites for hydroxylation is 3. The van der Waals surface area contributed by atoms with E-state index < -0.39 is 12.1 Å². The van der Waals surface area contributed by atoms with E-state index in [0.717, 1.165) is 27.2 Å². The molecule has 0 spiro atoms. The van der Waals surface area contributed by atoms with E-state index in [1.54, 1.807) is 6.92 Å². The van der Waals surface area contributed by atoms with Crippen LogP contribution in [0.3, 0.4) is 0 Å². The summed E-state index contributed by atoms with van der Waals surface area (Å²) in [6, 6.07) is 12.1. The van der Waals surface area contributed by atoms with E-state index in [9.17, 15) is 14.4 Å². The van der Waals surface area contributed by atoms with E-state index in [1.165, 1.54) is 4.90 Å². The highest BCUT2D eigenvalue weighted by Gasteiger charge is 2.44. The van der Waals surface area contributed by atoms with Crippen molar-refractivity contribution in [2.45, 2.75) is 46.7 Å². The molecule has 0 aliphatic carbocycles. The summed E-state index contributed by atoms with van der Waals surface area (Å²) < 4.78 is 0. The molecule has 2 aromatic carbocycles. The number of carbonyl (C=O) groups is 3. The number of amides is 4. The van der Waals surface area contributed by atoms with Crippen LogP contribution in [-0.4, -0.2) is 35.3 Å². The number of anilines is 1. The normalized spacial score (nSPS) is 17.6. The molecule has 3 rings (SSSR count). The monoisotopic (exact) mass is 393 g/mol. The Morgan fingerprint density at radius 1 is 1.03 bits per heavy atom. The molecule has 2 aromatic rings. The number of rotatable bonds is 5. The number of nitrogens with one attached hydrogen (secondary N) is 1. The Kier molecular flexibility index (Phi) is 5.73. The van der Waals surface area contributed by atoms with Gasteiger partial charge < -0.3 is 5.32 Å². The molecule has 6 nitrogen and oxygen atoms in total. The maximum absolute atomic E-state index is 12.9. The number of hydrogen-bond donors (Lipinski definition) is 1. The summed E-state index contributed by atoms with van der Waals surface area (Å²) in [5.74, 6) is -0.733. The highest BCUT2D eigenvalue weighted by atomic mass is 16.2. The Morgan fingerprint density at radius 2 is 1.66 bits per heavy atom. The van der Waals surface area contributed by atoms with Crippen molar-refractivity contribution in [1.82, 2.24) is 10.2 Å². The summed E-state index contributed by atoms with van der Waals surface area (Å²) in [5, 5.41) is 2.91. The largest absolute Gasteiger partial charge is 0.348 e. The molecule has 4 amide bonds. The van der Waals surface area contributed by atoms with Crippen LogP contribution in [0, 0.1) is 20.8 Å². The van der Waals surface area contributed by atoms with Gasteiger partial charge in [0, 0.05) is 5.69 Å². The van der Waals surface area contributed by atoms with E-state index in [-0.39, 0.29) is 24.4 Å². The third-order valence-corrected chi connectivity index (χ3v) is 5.34. The second kappa shape index (κ2) is 8.07. The first-order valence-corrected chi connectivity index (χ1v) is 9.76. The molecular formula is C23H27N3O3. The predicted molar refractivity (Wildman–Crippen MR) is 113 cm³/mol. The number of urea groups is 1. The first-order valence-electron chi connectivity index (χ1n) is 9.76. The predicted octanol–water partition coefficient (Wildman–Crippen LogP) is 3.65. The van der Waals surface area contributed by atoms with Gasteiger partial charge in [-0.25, -0.2) is 4.79 Å². The number of nitrogens with zero attached hydrogens (tertiary/aromatic N) is 2. The lowest BCUT2D eigenvalue weighted by atomic mass is 10.00. The van der Waals surface area contributed by atoms with Gasteiger partial charge in [0.05, 0.1) is 6.04 Å². The highest BCUT2D eigenvalue weighted by Crippen LogP contribution is 2.26. The van der Waals surface area contributed by atoms with Crippen LogP contribution in [0.15, 0.2) is 42.5 Å². The quantitative estimate of drug-likeness (QED) is 0.789. The Morgan fingerprint density at radius 3 is 2.31 bits per heavy atom. The number of carbonyl (C=O) groups excluding carboxylic acids is 3. The molecule has 1 aliphatic rings. The van der Waals surface area contributed by atoms with Crippen LogP contribution in [-0.2, 0) is 9.59 Å². The number of hydrogen-bond acceptors (Lipinski definition) is 3. The van der Waals surface area contributed by atoms with Gasteiger partial charge in [-0.3, -0.25) is 19.4 Å². The summed E-state index contributed by atoms with van der Waals surface area (Å²) in [5.41, 5.74) is 4.92. The summed E-state index contributed by atoms with van der Waals surface area (Å²) >= 11 is 0. The van der Waals surface area contributed by atoms with Crippen LogP contribution in [0.2, 0.25) is 0 Å². The van der Waals surface area contributed by atoms with Gasteiger partial charge in [0.25, 0.3) is 5.91 Å². The molecule has 0 bridgehead atoms. The van der Waals surface area contributed by atoms with Gasteiger partial charge in [0.2, 0.25) is 5.91 Å². The standard InChI is InChI=1S/C23H27N3O3/c1-14-7-10-19(11-8-14)26-18(5)22(28)25(23(26)29)13-21(27)24-17(4)20-12-15(2)6-9-16(20)3/h6-12,17-18H,13H2,1-5H3,(H,24,27)/t17-,18+/m1/s1. The first kappa shape index (κ1) is 20.6. The van der Waals surface area contributed by atoms with Crippen molar-refractivity contribution in [2.24, 2.45) is 0 Å². The third kappa shape index (κ3) is 4.16. The second-order valence-electron chi connectivity index (χ2n) is 7.74. The van der Waals surface area contributed by atoms with Gasteiger partial charge in [-0.2, -0.15) is 0 Å². The minimum Gasteiger partial charge on any atom is -0.348 e. The zero-order valence-corrected chi connectivity index (χ0v) is 17.5. The lowest BCUT2D eigenvalue weighted by Crippen LogP contribution is -2.42. The molecule has 1 heterocycles. The molecule has 2 atom stereocenters. The molecule has 29 heavy (non-hydrogen) atoms. The third-order valence-electron chi connectivity index (χ3n) is 5.34. The van der Waals surface area contributed by atoms with Crippen molar-refractivity contribution in [1.29, 1.82) is 0 Å². The van der Waals surface area contributed by atoms with Crippen LogP contribution < -0.4 is 10.2 Å². The lowest BCUT2D eigenvalue weighted by Gasteiger charge is -2.20. The van der Waals surface area contributed by atoms with E-state index in [2.05, 4.69) is 5.32 Å². The maximum atomic E-state index is 12.9. The topological polar surface area (TPSA) is 69.7 Å². The van der Waals surface area contributed by atoms with Crippen molar-refractivity contribution < 1.29 is 14.4 Å². The first-order chi connectivity index (χ1) is 13.7. The number of imide groups is 1. The van der Waals surface area contributed by atoms with Crippen molar-refractivity contribution in [2.75, 3.05) is 11.4 Å². The molecule has 1 aliphatic heterocycles. The maximum Gasteiger partial charge on any atom is 0.332 e. The molecular weight excluding hydrogens is 366 g/mol. The van der Waals surface area contributed by atoms with Crippen LogP contribution >= 0.6 is 0 Å². The Bertz CT molecular complexity index is 952. The summed E-state index contributed by atoms with van der Waals surface area (Å²) in [4.78, 5) is 40.5. The SMILES string of the molecule is Cc1ccc(N2C(=O)N(CC(=O)N[C@H](C)c3cc(C)ccc3C)C(=O)[C@@H]2C)cc1. The minimum absolute atomic E-state index is 0.221. The Hall–Kier alpha value is -3.15. The fourth-order valence-corrected chi connectivity index (χ4v) is 3.65. The molecule has 6 heteroatoms. The smallest absolute Gasteiger partial charge is 0.332 e. The zero-order chi connectivity index (χ0) is 21.3. The molecule has 0 unspecified atom stereocenters. The summed E-state index contributed by atoms with van der Waals surface area (Å²) in [6.45, 7) is 9.23. The van der Waals surface area contributed by atoms with Gasteiger partial charge in [-0.15, -0.1) is 0 Å². The molecule has 1 N–H and O–H groups in total. The number of benzene rings is 2.